The molecule has 1 aromatic carbocycles. The summed E-state index contributed by atoms with van der Waals surface area (Å²) in [6, 6.07) is 10.1. The molecule has 0 bridgehead atoms. The summed E-state index contributed by atoms with van der Waals surface area (Å²) in [5, 5.41) is 2.41. The highest BCUT2D eigenvalue weighted by Gasteiger charge is 2.19. The second-order valence-corrected chi connectivity index (χ2v) is 11.4. The molecular weight excluding hydrogens is 467 g/mol. The van der Waals surface area contributed by atoms with Gasteiger partial charge in [-0.1, -0.05) is 13.0 Å². The summed E-state index contributed by atoms with van der Waals surface area (Å²) in [5.41, 5.74) is 1.68. The van der Waals surface area contributed by atoms with Crippen molar-refractivity contribution in [2.75, 3.05) is 38.0 Å². The van der Waals surface area contributed by atoms with E-state index in [2.05, 4.69) is 37.0 Å². The number of hydrogen-bond donors (Lipinski definition) is 1. The van der Waals surface area contributed by atoms with Gasteiger partial charge in [0, 0.05) is 44.5 Å². The number of anilines is 2. The van der Waals surface area contributed by atoms with E-state index in [-0.39, 0.29) is 16.5 Å². The highest BCUT2D eigenvalue weighted by atomic mass is 32.2. The van der Waals surface area contributed by atoms with Crippen molar-refractivity contribution in [3.63, 3.8) is 0 Å². The van der Waals surface area contributed by atoms with Crippen LogP contribution in [-0.4, -0.2) is 71.1 Å². The van der Waals surface area contributed by atoms with E-state index in [9.17, 15) is 12.8 Å². The van der Waals surface area contributed by atoms with E-state index in [1.54, 1.807) is 32.2 Å². The molecule has 186 valence electrons. The standard InChI is InChI=1S/C25H31FN6O2S/c1-4-31-11-13-32(14-12-31)17-19-5-10-23(27-15-19)29-25-22(26)16-28-24(30-25)20-6-8-21(9-7-20)35(33,34)18(2)3/h5-10,15-16,18H,4,11-14,17H2,1-3H3,(H,27,28,29,30). The number of rotatable bonds is 8. The van der Waals surface area contributed by atoms with Crippen LogP contribution in [0, 0.1) is 5.82 Å². The van der Waals surface area contributed by atoms with Gasteiger partial charge in [0.25, 0.3) is 0 Å². The van der Waals surface area contributed by atoms with Gasteiger partial charge in [-0.3, -0.25) is 4.90 Å². The molecule has 1 aliphatic heterocycles. The Morgan fingerprint density at radius 1 is 0.971 bits per heavy atom. The van der Waals surface area contributed by atoms with Crippen molar-refractivity contribution in [1.82, 2.24) is 24.8 Å². The fraction of sp³-hybridized carbons (Fsp3) is 0.400. The number of halogens is 1. The van der Waals surface area contributed by atoms with Gasteiger partial charge in [-0.15, -0.1) is 0 Å². The van der Waals surface area contributed by atoms with Crippen molar-refractivity contribution in [3.8, 4) is 11.4 Å². The molecule has 3 aromatic rings. The monoisotopic (exact) mass is 498 g/mol. The topological polar surface area (TPSA) is 91.3 Å². The molecule has 0 unspecified atom stereocenters. The van der Waals surface area contributed by atoms with Crippen LogP contribution in [0.3, 0.4) is 0 Å². The molecular formula is C25H31FN6O2S. The molecule has 1 fully saturated rings. The second kappa shape index (κ2) is 10.8. The van der Waals surface area contributed by atoms with Crippen molar-refractivity contribution >= 4 is 21.5 Å². The summed E-state index contributed by atoms with van der Waals surface area (Å²) in [5.74, 6) is 0.161. The van der Waals surface area contributed by atoms with Gasteiger partial charge >= 0.3 is 0 Å². The molecule has 4 rings (SSSR count). The van der Waals surface area contributed by atoms with Gasteiger partial charge in [-0.25, -0.2) is 27.8 Å². The van der Waals surface area contributed by atoms with E-state index in [1.807, 2.05) is 12.1 Å². The number of nitrogens with one attached hydrogen (secondary N) is 1. The van der Waals surface area contributed by atoms with Gasteiger partial charge < -0.3 is 10.2 Å². The molecule has 8 nitrogen and oxygen atoms in total. The summed E-state index contributed by atoms with van der Waals surface area (Å²) < 4.78 is 39.1. The van der Waals surface area contributed by atoms with E-state index >= 15 is 0 Å². The third-order valence-corrected chi connectivity index (χ3v) is 8.37. The van der Waals surface area contributed by atoms with Crippen LogP contribution < -0.4 is 5.32 Å². The molecule has 0 spiro atoms. The number of hydrogen-bond acceptors (Lipinski definition) is 8. The van der Waals surface area contributed by atoms with Gasteiger partial charge in [-0.2, -0.15) is 0 Å². The molecule has 0 saturated carbocycles. The Morgan fingerprint density at radius 2 is 1.66 bits per heavy atom. The third-order valence-electron chi connectivity index (χ3n) is 6.20. The number of benzene rings is 1. The van der Waals surface area contributed by atoms with Gasteiger partial charge in [0.1, 0.15) is 5.82 Å². The molecule has 1 aliphatic rings. The summed E-state index contributed by atoms with van der Waals surface area (Å²) in [6.07, 6.45) is 2.89. The molecule has 1 N–H and O–H groups in total. The van der Waals surface area contributed by atoms with Gasteiger partial charge in [0.2, 0.25) is 0 Å². The third kappa shape index (κ3) is 6.01. The van der Waals surface area contributed by atoms with E-state index in [0.29, 0.717) is 11.4 Å². The first-order valence-electron chi connectivity index (χ1n) is 11.8. The van der Waals surface area contributed by atoms with E-state index in [4.69, 9.17) is 0 Å². The maximum Gasteiger partial charge on any atom is 0.184 e. The Labute approximate surface area is 206 Å². The zero-order valence-corrected chi connectivity index (χ0v) is 21.1. The fourth-order valence-corrected chi connectivity index (χ4v) is 4.95. The average Bonchev–Trinajstić information content (AvgIpc) is 2.87. The van der Waals surface area contributed by atoms with E-state index in [1.165, 1.54) is 12.1 Å². The van der Waals surface area contributed by atoms with Crippen LogP contribution in [0.2, 0.25) is 0 Å². The molecule has 2 aromatic heterocycles. The van der Waals surface area contributed by atoms with Crippen LogP contribution in [0.1, 0.15) is 26.3 Å². The first-order valence-corrected chi connectivity index (χ1v) is 13.3. The van der Waals surface area contributed by atoms with Crippen LogP contribution in [0.4, 0.5) is 16.0 Å². The smallest absolute Gasteiger partial charge is 0.184 e. The van der Waals surface area contributed by atoms with E-state index < -0.39 is 20.9 Å². The minimum atomic E-state index is -3.37. The summed E-state index contributed by atoms with van der Waals surface area (Å²) >= 11 is 0. The molecule has 0 radical (unpaired) electrons. The highest BCUT2D eigenvalue weighted by Crippen LogP contribution is 2.24. The normalized spacial score (nSPS) is 15.5. The Balaban J connectivity index is 1.44. The number of pyridine rings is 1. The second-order valence-electron chi connectivity index (χ2n) is 8.90. The molecule has 0 atom stereocenters. The zero-order valence-electron chi connectivity index (χ0n) is 20.3. The number of piperazine rings is 1. The molecule has 0 aliphatic carbocycles. The van der Waals surface area contributed by atoms with Gasteiger partial charge in [-0.05, 0) is 56.3 Å². The SMILES string of the molecule is CCN1CCN(Cc2ccc(Nc3nc(-c4ccc(S(=O)(=O)C(C)C)cc4)ncc3F)nc2)CC1. The van der Waals surface area contributed by atoms with Crippen molar-refractivity contribution < 1.29 is 12.8 Å². The summed E-state index contributed by atoms with van der Waals surface area (Å²) in [6.45, 7) is 11.6. The summed E-state index contributed by atoms with van der Waals surface area (Å²) in [4.78, 5) is 17.9. The van der Waals surface area contributed by atoms with Gasteiger partial charge in [0.15, 0.2) is 27.3 Å². The highest BCUT2D eigenvalue weighted by molar-refractivity contribution is 7.92. The zero-order chi connectivity index (χ0) is 25.0. The average molecular weight is 499 g/mol. The Hall–Kier alpha value is -2.95. The lowest BCUT2D eigenvalue weighted by Gasteiger charge is -2.33. The molecule has 3 heterocycles. The number of likely N-dealkylation sites (N-methyl/N-ethyl adjacent to an activating group) is 1. The molecule has 1 saturated heterocycles. The van der Waals surface area contributed by atoms with Crippen molar-refractivity contribution in [3.05, 3.63) is 60.2 Å². The lowest BCUT2D eigenvalue weighted by molar-refractivity contribution is 0.132. The molecule has 35 heavy (non-hydrogen) atoms. The Morgan fingerprint density at radius 3 is 2.26 bits per heavy atom. The van der Waals surface area contributed by atoms with E-state index in [0.717, 1.165) is 51.0 Å². The minimum Gasteiger partial charge on any atom is -0.322 e. The largest absolute Gasteiger partial charge is 0.322 e. The lowest BCUT2D eigenvalue weighted by Crippen LogP contribution is -2.45. The predicted molar refractivity (Wildman–Crippen MR) is 135 cm³/mol. The Bertz CT molecular complexity index is 1240. The van der Waals surface area contributed by atoms with Crippen LogP contribution in [0.5, 0.6) is 0 Å². The maximum absolute atomic E-state index is 14.4. The van der Waals surface area contributed by atoms with Crippen molar-refractivity contribution in [2.45, 2.75) is 37.5 Å². The summed E-state index contributed by atoms with van der Waals surface area (Å²) in [7, 11) is -3.37. The first-order chi connectivity index (χ1) is 16.8. The molecule has 10 heteroatoms. The lowest BCUT2D eigenvalue weighted by atomic mass is 10.2. The van der Waals surface area contributed by atoms with Crippen molar-refractivity contribution in [1.29, 1.82) is 0 Å². The van der Waals surface area contributed by atoms with Gasteiger partial charge in [0.05, 0.1) is 16.3 Å². The van der Waals surface area contributed by atoms with Crippen LogP contribution in [0.15, 0.2) is 53.7 Å². The van der Waals surface area contributed by atoms with Crippen LogP contribution in [0.25, 0.3) is 11.4 Å². The predicted octanol–water partition coefficient (Wildman–Crippen LogP) is 3.74. The number of nitrogens with zero attached hydrogens (tertiary/aromatic N) is 5. The van der Waals surface area contributed by atoms with Crippen molar-refractivity contribution in [2.24, 2.45) is 0 Å². The Kier molecular flexibility index (Phi) is 7.73. The minimum absolute atomic E-state index is 0.00446. The van der Waals surface area contributed by atoms with Crippen LogP contribution in [-0.2, 0) is 16.4 Å². The molecule has 0 amide bonds. The number of sulfone groups is 1. The maximum atomic E-state index is 14.4. The number of aromatic nitrogens is 3. The van der Waals surface area contributed by atoms with Crippen LogP contribution >= 0.6 is 0 Å². The quantitative estimate of drug-likeness (QED) is 0.502. The fourth-order valence-electron chi connectivity index (χ4n) is 3.89. The first kappa shape index (κ1) is 25.2.